The third kappa shape index (κ3) is 2.41. The van der Waals surface area contributed by atoms with Gasteiger partial charge in [0.05, 0.1) is 5.69 Å². The predicted molar refractivity (Wildman–Crippen MR) is 67.6 cm³/mol. The molecule has 2 N–H and O–H groups in total. The lowest BCUT2D eigenvalue weighted by Gasteiger charge is -2.11. The molecule has 0 saturated heterocycles. The molecule has 1 amide bonds. The Kier molecular flexibility index (Phi) is 3.60. The maximum absolute atomic E-state index is 11.6. The molecule has 0 aromatic carbocycles. The van der Waals surface area contributed by atoms with Crippen molar-refractivity contribution in [2.45, 2.75) is 6.92 Å². The smallest absolute Gasteiger partial charge is 0.413 e. The minimum Gasteiger partial charge on any atom is -0.477 e. The van der Waals surface area contributed by atoms with Gasteiger partial charge < -0.3 is 9.84 Å². The SMILES string of the molecule is C=CCOC(=O)Nc1c(C(=O)O)c(C)nc2ncnn12. The molecule has 0 bridgehead atoms. The number of hydrogen-bond donors (Lipinski definition) is 2. The molecular weight excluding hydrogens is 266 g/mol. The highest BCUT2D eigenvalue weighted by atomic mass is 16.5. The average Bonchev–Trinajstić information content (AvgIpc) is 2.83. The summed E-state index contributed by atoms with van der Waals surface area (Å²) in [7, 11) is 0. The summed E-state index contributed by atoms with van der Waals surface area (Å²) in [5.74, 6) is -1.13. The van der Waals surface area contributed by atoms with Crippen molar-refractivity contribution in [1.29, 1.82) is 0 Å². The van der Waals surface area contributed by atoms with Crippen LogP contribution in [0.1, 0.15) is 16.1 Å². The Morgan fingerprint density at radius 1 is 1.60 bits per heavy atom. The fourth-order valence-electron chi connectivity index (χ4n) is 1.59. The van der Waals surface area contributed by atoms with Gasteiger partial charge in [-0.15, -0.1) is 0 Å². The monoisotopic (exact) mass is 277 g/mol. The number of rotatable bonds is 4. The van der Waals surface area contributed by atoms with Crippen LogP contribution in [-0.2, 0) is 4.74 Å². The van der Waals surface area contributed by atoms with E-state index in [9.17, 15) is 14.7 Å². The van der Waals surface area contributed by atoms with Crippen molar-refractivity contribution in [2.24, 2.45) is 0 Å². The topological polar surface area (TPSA) is 119 Å². The Bertz CT molecular complexity index is 693. The highest BCUT2D eigenvalue weighted by Crippen LogP contribution is 2.19. The minimum absolute atomic E-state index is 0.00119. The summed E-state index contributed by atoms with van der Waals surface area (Å²) in [4.78, 5) is 30.7. The zero-order valence-electron chi connectivity index (χ0n) is 10.5. The number of nitrogens with zero attached hydrogens (tertiary/aromatic N) is 4. The highest BCUT2D eigenvalue weighted by Gasteiger charge is 2.21. The Morgan fingerprint density at radius 3 is 3.00 bits per heavy atom. The molecule has 9 heteroatoms. The number of aromatic carboxylic acids is 1. The summed E-state index contributed by atoms with van der Waals surface area (Å²) in [6, 6.07) is 0. The van der Waals surface area contributed by atoms with Gasteiger partial charge in [-0.1, -0.05) is 12.7 Å². The molecule has 0 atom stereocenters. The Balaban J connectivity index is 2.50. The second-order valence-electron chi connectivity index (χ2n) is 3.71. The second kappa shape index (κ2) is 5.34. The van der Waals surface area contributed by atoms with Gasteiger partial charge in [0.25, 0.3) is 5.78 Å². The Morgan fingerprint density at radius 2 is 2.35 bits per heavy atom. The van der Waals surface area contributed by atoms with Gasteiger partial charge in [0, 0.05) is 0 Å². The van der Waals surface area contributed by atoms with Crippen molar-refractivity contribution >= 4 is 23.7 Å². The zero-order valence-corrected chi connectivity index (χ0v) is 10.5. The van der Waals surface area contributed by atoms with Crippen LogP contribution in [0.4, 0.5) is 10.6 Å². The number of carbonyl (C=O) groups is 2. The van der Waals surface area contributed by atoms with Gasteiger partial charge in [-0.2, -0.15) is 14.6 Å². The van der Waals surface area contributed by atoms with Crippen molar-refractivity contribution < 1.29 is 19.4 Å². The van der Waals surface area contributed by atoms with E-state index in [0.29, 0.717) is 0 Å². The number of carboxylic acids is 1. The third-order valence-electron chi connectivity index (χ3n) is 2.37. The van der Waals surface area contributed by atoms with Gasteiger partial charge in [-0.25, -0.2) is 14.6 Å². The summed E-state index contributed by atoms with van der Waals surface area (Å²) in [5, 5.41) is 15.4. The molecule has 2 heterocycles. The van der Waals surface area contributed by atoms with Gasteiger partial charge in [0.2, 0.25) is 0 Å². The van der Waals surface area contributed by atoms with Crippen LogP contribution in [0.3, 0.4) is 0 Å². The zero-order chi connectivity index (χ0) is 14.7. The van der Waals surface area contributed by atoms with Crippen molar-refractivity contribution in [3.63, 3.8) is 0 Å². The predicted octanol–water partition coefficient (Wildman–Crippen LogP) is 0.865. The van der Waals surface area contributed by atoms with Crippen LogP contribution in [-0.4, -0.2) is 43.4 Å². The number of aromatic nitrogens is 4. The maximum atomic E-state index is 11.6. The van der Waals surface area contributed by atoms with Crippen LogP contribution in [0.15, 0.2) is 19.0 Å². The summed E-state index contributed by atoms with van der Waals surface area (Å²) in [6.07, 6.45) is 1.77. The van der Waals surface area contributed by atoms with E-state index in [0.717, 1.165) is 4.52 Å². The van der Waals surface area contributed by atoms with E-state index in [4.69, 9.17) is 4.74 Å². The summed E-state index contributed by atoms with van der Waals surface area (Å²) < 4.78 is 5.87. The van der Waals surface area contributed by atoms with Gasteiger partial charge in [-0.05, 0) is 6.92 Å². The van der Waals surface area contributed by atoms with Crippen LogP contribution in [0.5, 0.6) is 0 Å². The molecule has 20 heavy (non-hydrogen) atoms. The molecule has 2 rings (SSSR count). The van der Waals surface area contributed by atoms with E-state index in [2.05, 4.69) is 27.0 Å². The number of anilines is 1. The molecule has 104 valence electrons. The molecule has 0 aliphatic rings. The summed E-state index contributed by atoms with van der Waals surface area (Å²) >= 11 is 0. The maximum Gasteiger partial charge on any atom is 0.413 e. The van der Waals surface area contributed by atoms with E-state index in [-0.39, 0.29) is 29.5 Å². The number of fused-ring (bicyclic) bond motifs is 1. The van der Waals surface area contributed by atoms with E-state index in [1.165, 1.54) is 19.3 Å². The van der Waals surface area contributed by atoms with Crippen molar-refractivity contribution in [3.05, 3.63) is 30.2 Å². The van der Waals surface area contributed by atoms with Gasteiger partial charge in [0.1, 0.15) is 18.5 Å². The first-order valence-corrected chi connectivity index (χ1v) is 5.53. The first-order valence-electron chi connectivity index (χ1n) is 5.53. The number of ether oxygens (including phenoxy) is 1. The van der Waals surface area contributed by atoms with Crippen LogP contribution in [0.2, 0.25) is 0 Å². The lowest BCUT2D eigenvalue weighted by molar-refractivity contribution is 0.0696. The third-order valence-corrected chi connectivity index (χ3v) is 2.37. The van der Waals surface area contributed by atoms with E-state index in [1.807, 2.05) is 0 Å². The molecule has 2 aromatic rings. The molecule has 2 aromatic heterocycles. The normalized spacial score (nSPS) is 10.2. The molecule has 9 nitrogen and oxygen atoms in total. The molecule has 0 saturated carbocycles. The van der Waals surface area contributed by atoms with Crippen molar-refractivity contribution in [1.82, 2.24) is 19.6 Å². The molecular formula is C11H11N5O4. The van der Waals surface area contributed by atoms with Gasteiger partial charge in [0.15, 0.2) is 5.82 Å². The number of aryl methyl sites for hydroxylation is 1. The molecule has 0 spiro atoms. The fraction of sp³-hybridized carbons (Fsp3) is 0.182. The van der Waals surface area contributed by atoms with Crippen molar-refractivity contribution in [3.8, 4) is 0 Å². The number of hydrogen-bond acceptors (Lipinski definition) is 6. The van der Waals surface area contributed by atoms with Gasteiger partial charge in [-0.3, -0.25) is 5.32 Å². The van der Waals surface area contributed by atoms with E-state index < -0.39 is 12.1 Å². The first kappa shape index (κ1) is 13.5. The van der Waals surface area contributed by atoms with E-state index in [1.54, 1.807) is 0 Å². The first-order chi connectivity index (χ1) is 9.54. The second-order valence-corrected chi connectivity index (χ2v) is 3.71. The van der Waals surface area contributed by atoms with Crippen LogP contribution >= 0.6 is 0 Å². The molecule has 0 aliphatic carbocycles. The largest absolute Gasteiger partial charge is 0.477 e. The minimum atomic E-state index is -1.24. The molecule has 0 radical (unpaired) electrons. The lowest BCUT2D eigenvalue weighted by atomic mass is 10.2. The average molecular weight is 277 g/mol. The Hall–Kier alpha value is -2.97. The number of carboxylic acid groups (broad SMARTS) is 1. The quantitative estimate of drug-likeness (QED) is 0.795. The molecule has 0 unspecified atom stereocenters. The highest BCUT2D eigenvalue weighted by molar-refractivity contribution is 5.98. The number of amides is 1. The Labute approximate surface area is 112 Å². The van der Waals surface area contributed by atoms with E-state index >= 15 is 0 Å². The van der Waals surface area contributed by atoms with Crippen LogP contribution in [0, 0.1) is 6.92 Å². The van der Waals surface area contributed by atoms with Crippen LogP contribution < -0.4 is 5.32 Å². The van der Waals surface area contributed by atoms with Crippen molar-refractivity contribution in [2.75, 3.05) is 11.9 Å². The van der Waals surface area contributed by atoms with Crippen LogP contribution in [0.25, 0.3) is 5.78 Å². The fourth-order valence-corrected chi connectivity index (χ4v) is 1.59. The lowest BCUT2D eigenvalue weighted by Crippen LogP contribution is -2.20. The summed E-state index contributed by atoms with van der Waals surface area (Å²) in [5.41, 5.74) is 0.0237. The molecule has 0 fully saturated rings. The number of carbonyl (C=O) groups excluding carboxylic acids is 1. The molecule has 0 aliphatic heterocycles. The summed E-state index contributed by atoms with van der Waals surface area (Å²) in [6.45, 7) is 4.90. The standard InChI is InChI=1S/C11H11N5O4/c1-3-4-20-11(19)15-8-7(9(17)18)6(2)14-10-12-5-13-16(8)10/h3,5H,1,4H2,2H3,(H,15,19)(H,17,18). The number of nitrogens with one attached hydrogen (secondary N) is 1. The van der Waals surface area contributed by atoms with Gasteiger partial charge >= 0.3 is 12.1 Å².